The van der Waals surface area contributed by atoms with Crippen molar-refractivity contribution in [3.63, 3.8) is 0 Å². The van der Waals surface area contributed by atoms with Crippen LogP contribution in [0.3, 0.4) is 0 Å². The number of hydrogen-bond donors (Lipinski definition) is 1. The topological polar surface area (TPSA) is 73.2 Å². The molecule has 1 saturated carbocycles. The third-order valence-electron chi connectivity index (χ3n) is 6.45. The molecule has 0 spiro atoms. The van der Waals surface area contributed by atoms with Crippen molar-refractivity contribution in [1.29, 1.82) is 0 Å². The summed E-state index contributed by atoms with van der Waals surface area (Å²) in [5.41, 5.74) is 2.38. The number of benzene rings is 2. The van der Waals surface area contributed by atoms with Crippen LogP contribution in [0.5, 0.6) is 0 Å². The summed E-state index contributed by atoms with van der Waals surface area (Å²) in [4.78, 5) is 30.4. The Bertz CT molecular complexity index is 1290. The zero-order valence-electron chi connectivity index (χ0n) is 20.2. The van der Waals surface area contributed by atoms with E-state index in [4.69, 9.17) is 32.9 Å². The lowest BCUT2D eigenvalue weighted by atomic mass is 9.88. The normalized spacial score (nSPS) is 14.0. The number of carbonyl (C=O) groups is 2. The highest BCUT2D eigenvalue weighted by atomic mass is 35.5. The maximum atomic E-state index is 14.1. The van der Waals surface area contributed by atoms with Gasteiger partial charge in [-0.3, -0.25) is 9.36 Å². The highest BCUT2D eigenvalue weighted by Crippen LogP contribution is 2.40. The van der Waals surface area contributed by atoms with Gasteiger partial charge in [0.25, 0.3) is 0 Å². The average Bonchev–Trinajstić information content (AvgIpc) is 3.28. The van der Waals surface area contributed by atoms with Crippen LogP contribution < -0.4 is 5.32 Å². The smallest absolute Gasteiger partial charge is 0.359 e. The molecule has 1 N–H and O–H groups in total. The first-order valence-corrected chi connectivity index (χ1v) is 12.8. The van der Waals surface area contributed by atoms with Gasteiger partial charge in [-0.25, -0.2) is 14.2 Å². The van der Waals surface area contributed by atoms with E-state index in [2.05, 4.69) is 5.32 Å². The number of amides is 1. The Balaban J connectivity index is 2.06. The highest BCUT2D eigenvalue weighted by Gasteiger charge is 2.31. The average molecular weight is 532 g/mol. The summed E-state index contributed by atoms with van der Waals surface area (Å²) in [6.45, 7) is 1.90. The molecule has 1 aromatic heterocycles. The van der Waals surface area contributed by atoms with Gasteiger partial charge in [0.2, 0.25) is 5.91 Å². The first-order chi connectivity index (χ1) is 17.3. The fourth-order valence-electron chi connectivity index (χ4n) is 4.72. The Morgan fingerprint density at radius 3 is 2.56 bits per heavy atom. The Morgan fingerprint density at radius 1 is 1.14 bits per heavy atom. The monoisotopic (exact) mass is 531 g/mol. The summed E-state index contributed by atoms with van der Waals surface area (Å²) in [6.07, 6.45) is 5.16. The molecule has 1 amide bonds. The molecule has 1 aliphatic carbocycles. The number of carbonyl (C=O) groups excluding carboxylic acids is 2. The van der Waals surface area contributed by atoms with Gasteiger partial charge in [-0.2, -0.15) is 0 Å². The van der Waals surface area contributed by atoms with E-state index in [0.717, 1.165) is 32.1 Å². The number of imidazole rings is 1. The Labute approximate surface area is 219 Å². The number of nitrogens with one attached hydrogen (secondary N) is 1. The van der Waals surface area contributed by atoms with Crippen LogP contribution in [0.15, 0.2) is 36.4 Å². The molecule has 9 heteroatoms. The second-order valence-electron chi connectivity index (χ2n) is 8.81. The number of ether oxygens (including phenoxy) is 1. The van der Waals surface area contributed by atoms with Crippen molar-refractivity contribution in [3.05, 3.63) is 69.3 Å². The first kappa shape index (κ1) is 26.2. The molecule has 1 aliphatic rings. The molecule has 0 atom stereocenters. The van der Waals surface area contributed by atoms with E-state index in [1.165, 1.54) is 12.1 Å². The minimum absolute atomic E-state index is 0.0778. The number of hydrogen-bond acceptors (Lipinski definition) is 4. The standard InChI is InChI=1S/C27H28Cl2FN3O3/c1-3-36-27(35)24-25(18-10-12-21(30)20(29)13-18)33(26(32-24)16-7-5-4-6-8-16)22-15-19(28)11-9-17(22)14-23(34)31-2/h9-13,15-16H,3-8,14H2,1-2H3,(H,31,34). The number of esters is 1. The van der Waals surface area contributed by atoms with Crippen LogP contribution in [0.4, 0.5) is 4.39 Å². The van der Waals surface area contributed by atoms with Gasteiger partial charge >= 0.3 is 5.97 Å². The van der Waals surface area contributed by atoms with E-state index in [1.807, 2.05) is 4.57 Å². The molecular formula is C27H28Cl2FN3O3. The van der Waals surface area contributed by atoms with Gasteiger partial charge in [0.1, 0.15) is 11.6 Å². The quantitative estimate of drug-likeness (QED) is 0.353. The molecule has 36 heavy (non-hydrogen) atoms. The molecule has 0 unspecified atom stereocenters. The lowest BCUT2D eigenvalue weighted by molar-refractivity contribution is -0.119. The molecule has 190 valence electrons. The molecule has 1 fully saturated rings. The zero-order valence-corrected chi connectivity index (χ0v) is 21.8. The minimum atomic E-state index is -0.585. The number of halogens is 3. The van der Waals surface area contributed by atoms with Crippen LogP contribution in [0, 0.1) is 5.82 Å². The third kappa shape index (κ3) is 5.42. The Morgan fingerprint density at radius 2 is 1.89 bits per heavy atom. The van der Waals surface area contributed by atoms with E-state index < -0.39 is 11.8 Å². The Hall–Kier alpha value is -2.90. The van der Waals surface area contributed by atoms with Crippen molar-refractivity contribution in [1.82, 2.24) is 14.9 Å². The van der Waals surface area contributed by atoms with Crippen LogP contribution in [0.25, 0.3) is 16.9 Å². The molecule has 0 aliphatic heterocycles. The zero-order chi connectivity index (χ0) is 25.8. The summed E-state index contributed by atoms with van der Waals surface area (Å²) >= 11 is 12.6. The summed E-state index contributed by atoms with van der Waals surface area (Å²) in [5.74, 6) is -0.551. The van der Waals surface area contributed by atoms with E-state index >= 15 is 0 Å². The second kappa shape index (κ2) is 11.4. The summed E-state index contributed by atoms with van der Waals surface area (Å²) in [6, 6.07) is 9.57. The van der Waals surface area contributed by atoms with Gasteiger partial charge in [-0.05, 0) is 55.7 Å². The molecule has 0 radical (unpaired) electrons. The molecule has 4 rings (SSSR count). The van der Waals surface area contributed by atoms with Crippen LogP contribution in [-0.2, 0) is 16.0 Å². The van der Waals surface area contributed by atoms with Crippen molar-refractivity contribution in [2.45, 2.75) is 51.4 Å². The molecule has 0 bridgehead atoms. The van der Waals surface area contributed by atoms with Crippen molar-refractivity contribution in [2.75, 3.05) is 13.7 Å². The molecule has 0 saturated heterocycles. The van der Waals surface area contributed by atoms with Crippen LogP contribution in [0.2, 0.25) is 10.0 Å². The second-order valence-corrected chi connectivity index (χ2v) is 9.65. The fourth-order valence-corrected chi connectivity index (χ4v) is 5.07. The summed E-state index contributed by atoms with van der Waals surface area (Å²) in [7, 11) is 1.58. The first-order valence-electron chi connectivity index (χ1n) is 12.1. The minimum Gasteiger partial charge on any atom is -0.461 e. The van der Waals surface area contributed by atoms with Gasteiger partial charge in [0.05, 0.1) is 29.4 Å². The number of likely N-dealkylation sites (N-methyl/N-ethyl adjacent to an activating group) is 1. The van der Waals surface area contributed by atoms with Crippen molar-refractivity contribution >= 4 is 35.1 Å². The summed E-state index contributed by atoms with van der Waals surface area (Å²) in [5, 5.41) is 3.04. The molecular weight excluding hydrogens is 504 g/mol. The van der Waals surface area contributed by atoms with E-state index in [-0.39, 0.29) is 35.6 Å². The third-order valence-corrected chi connectivity index (χ3v) is 6.98. The number of aromatic nitrogens is 2. The van der Waals surface area contributed by atoms with Gasteiger partial charge in [-0.15, -0.1) is 0 Å². The SMILES string of the molecule is CCOC(=O)c1nc(C2CCCCC2)n(-c2cc(Cl)ccc2CC(=O)NC)c1-c1ccc(F)c(Cl)c1. The van der Waals surface area contributed by atoms with Gasteiger partial charge in [0, 0.05) is 23.6 Å². The number of rotatable bonds is 7. The van der Waals surface area contributed by atoms with Crippen LogP contribution in [0.1, 0.15) is 66.8 Å². The van der Waals surface area contributed by atoms with Crippen molar-refractivity contribution in [3.8, 4) is 16.9 Å². The molecule has 2 aromatic carbocycles. The fraction of sp³-hybridized carbons (Fsp3) is 0.370. The van der Waals surface area contributed by atoms with Gasteiger partial charge in [0.15, 0.2) is 5.69 Å². The predicted octanol–water partition coefficient (Wildman–Crippen LogP) is 6.50. The van der Waals surface area contributed by atoms with Crippen LogP contribution in [-0.4, -0.2) is 35.1 Å². The lowest BCUT2D eigenvalue weighted by Gasteiger charge is -2.24. The molecule has 6 nitrogen and oxygen atoms in total. The Kier molecular flexibility index (Phi) is 8.32. The van der Waals surface area contributed by atoms with Gasteiger partial charge < -0.3 is 10.1 Å². The number of nitrogens with zero attached hydrogens (tertiary/aromatic N) is 2. The molecule has 1 heterocycles. The van der Waals surface area contributed by atoms with Crippen LogP contribution >= 0.6 is 23.2 Å². The maximum Gasteiger partial charge on any atom is 0.359 e. The lowest BCUT2D eigenvalue weighted by Crippen LogP contribution is -2.21. The molecule has 3 aromatic rings. The predicted molar refractivity (Wildman–Crippen MR) is 139 cm³/mol. The van der Waals surface area contributed by atoms with E-state index in [9.17, 15) is 14.0 Å². The highest BCUT2D eigenvalue weighted by molar-refractivity contribution is 6.31. The van der Waals surface area contributed by atoms with E-state index in [1.54, 1.807) is 38.2 Å². The van der Waals surface area contributed by atoms with Crippen molar-refractivity contribution in [2.24, 2.45) is 0 Å². The van der Waals surface area contributed by atoms with E-state index in [0.29, 0.717) is 33.4 Å². The summed E-state index contributed by atoms with van der Waals surface area (Å²) < 4.78 is 21.3. The maximum absolute atomic E-state index is 14.1. The van der Waals surface area contributed by atoms with Gasteiger partial charge in [-0.1, -0.05) is 48.5 Å². The largest absolute Gasteiger partial charge is 0.461 e. The van der Waals surface area contributed by atoms with Crippen molar-refractivity contribution < 1.29 is 18.7 Å².